The lowest BCUT2D eigenvalue weighted by molar-refractivity contribution is -0.186. The summed E-state index contributed by atoms with van der Waals surface area (Å²) in [6.45, 7) is 3.44. The van der Waals surface area contributed by atoms with E-state index in [1.54, 1.807) is 0 Å². The summed E-state index contributed by atoms with van der Waals surface area (Å²) >= 11 is 3.91. The van der Waals surface area contributed by atoms with Crippen molar-refractivity contribution in [2.75, 3.05) is 5.75 Å². The third-order valence-corrected chi connectivity index (χ3v) is 5.37. The van der Waals surface area contributed by atoms with Crippen molar-refractivity contribution in [2.45, 2.75) is 44.5 Å². The lowest BCUT2D eigenvalue weighted by Crippen LogP contribution is -2.55. The maximum atomic E-state index is 14.2. The molecule has 7 nitrogen and oxygen atoms in total. The highest BCUT2D eigenvalue weighted by molar-refractivity contribution is 9.10. The first-order valence-corrected chi connectivity index (χ1v) is 9.87. The lowest BCUT2D eigenvalue weighted by Gasteiger charge is -2.39. The van der Waals surface area contributed by atoms with Crippen LogP contribution in [-0.2, 0) is 28.6 Å². The molecule has 4 atom stereocenters. The zero-order valence-electron chi connectivity index (χ0n) is 15.1. The molecule has 0 saturated carbocycles. The molecular formula is C17H17BrF2O7S. The molecule has 1 aromatic rings. The minimum atomic E-state index is -1.23. The van der Waals surface area contributed by atoms with Gasteiger partial charge in [0.2, 0.25) is 5.82 Å². The molecule has 1 aliphatic rings. The molecule has 0 spiro atoms. The predicted molar refractivity (Wildman–Crippen MR) is 97.6 cm³/mol. The molecule has 1 saturated heterocycles. The number of esters is 3. The van der Waals surface area contributed by atoms with Crippen LogP contribution in [-0.4, -0.2) is 47.4 Å². The third-order valence-electron chi connectivity index (χ3n) is 3.55. The van der Waals surface area contributed by atoms with E-state index < -0.39 is 59.0 Å². The molecule has 1 aliphatic heterocycles. The van der Waals surface area contributed by atoms with Crippen molar-refractivity contribution in [1.29, 1.82) is 0 Å². The number of carbonyl (C=O) groups is 3. The molecule has 0 amide bonds. The molecular weight excluding hydrogens is 466 g/mol. The lowest BCUT2D eigenvalue weighted by atomic mass is 10.1. The van der Waals surface area contributed by atoms with E-state index in [0.29, 0.717) is 0 Å². The summed E-state index contributed by atoms with van der Waals surface area (Å²) in [5.74, 6) is -4.72. The Hall–Kier alpha value is -1.88. The van der Waals surface area contributed by atoms with Crippen LogP contribution in [0.25, 0.3) is 0 Å². The molecule has 28 heavy (non-hydrogen) atoms. The standard InChI is InChI=1S/C17H17BrF2O7S/c1-7(21)24-12-6-28-17(16(26-9(3)23)15(12)25-8(2)22)27-11-5-4-10(18)13(19)14(11)20/h4-5,12,15-17H,6H2,1-3H3/t12-,15+,16-,17-/m1/s1. The van der Waals surface area contributed by atoms with Gasteiger partial charge in [-0.25, -0.2) is 4.39 Å². The van der Waals surface area contributed by atoms with Crippen molar-refractivity contribution in [2.24, 2.45) is 0 Å². The van der Waals surface area contributed by atoms with Crippen molar-refractivity contribution in [3.8, 4) is 5.75 Å². The molecule has 1 fully saturated rings. The second-order valence-electron chi connectivity index (χ2n) is 5.79. The maximum Gasteiger partial charge on any atom is 0.303 e. The molecule has 0 radical (unpaired) electrons. The van der Waals surface area contributed by atoms with E-state index in [4.69, 9.17) is 18.9 Å². The zero-order valence-corrected chi connectivity index (χ0v) is 17.5. The van der Waals surface area contributed by atoms with Gasteiger partial charge in [-0.05, 0) is 28.1 Å². The Morgan fingerprint density at radius 1 is 0.964 bits per heavy atom. The van der Waals surface area contributed by atoms with Gasteiger partial charge in [-0.2, -0.15) is 4.39 Å². The first-order valence-electron chi connectivity index (χ1n) is 8.03. The van der Waals surface area contributed by atoms with Crippen LogP contribution in [0.15, 0.2) is 16.6 Å². The van der Waals surface area contributed by atoms with Crippen LogP contribution >= 0.6 is 27.7 Å². The topological polar surface area (TPSA) is 88.1 Å². The minimum absolute atomic E-state index is 0.0853. The number of hydrogen-bond donors (Lipinski definition) is 0. The number of thioether (sulfide) groups is 1. The first-order chi connectivity index (χ1) is 13.1. The smallest absolute Gasteiger partial charge is 0.303 e. The molecule has 0 aromatic heterocycles. The van der Waals surface area contributed by atoms with Gasteiger partial charge in [0.05, 0.1) is 4.47 Å². The molecule has 0 aliphatic carbocycles. The van der Waals surface area contributed by atoms with Crippen molar-refractivity contribution >= 4 is 45.6 Å². The number of benzene rings is 1. The average molecular weight is 483 g/mol. The van der Waals surface area contributed by atoms with Crippen LogP contribution in [0, 0.1) is 11.6 Å². The summed E-state index contributed by atoms with van der Waals surface area (Å²) in [6.07, 6.45) is -3.32. The van der Waals surface area contributed by atoms with Gasteiger partial charge in [0, 0.05) is 26.5 Å². The number of rotatable bonds is 5. The number of ether oxygens (including phenoxy) is 4. The number of halogens is 3. The van der Waals surface area contributed by atoms with Crippen LogP contribution in [0.3, 0.4) is 0 Å². The van der Waals surface area contributed by atoms with Gasteiger partial charge < -0.3 is 18.9 Å². The quantitative estimate of drug-likeness (QED) is 0.359. The van der Waals surface area contributed by atoms with E-state index in [9.17, 15) is 23.2 Å². The third kappa shape index (κ3) is 5.57. The van der Waals surface area contributed by atoms with Crippen molar-refractivity contribution in [3.05, 3.63) is 28.2 Å². The highest BCUT2D eigenvalue weighted by Crippen LogP contribution is 2.36. The fourth-order valence-corrected chi connectivity index (χ4v) is 4.05. The average Bonchev–Trinajstić information content (AvgIpc) is 2.59. The number of hydrogen-bond acceptors (Lipinski definition) is 8. The molecule has 1 aromatic carbocycles. The van der Waals surface area contributed by atoms with Gasteiger partial charge in [0.1, 0.15) is 0 Å². The predicted octanol–water partition coefficient (Wildman–Crippen LogP) is 2.97. The molecule has 2 rings (SSSR count). The van der Waals surface area contributed by atoms with Gasteiger partial charge in [-0.3, -0.25) is 14.4 Å². The highest BCUT2D eigenvalue weighted by Gasteiger charge is 2.48. The van der Waals surface area contributed by atoms with E-state index in [1.165, 1.54) is 19.1 Å². The molecule has 1 heterocycles. The summed E-state index contributed by atoms with van der Waals surface area (Å²) < 4.78 is 48.9. The van der Waals surface area contributed by atoms with E-state index >= 15 is 0 Å². The largest absolute Gasteiger partial charge is 0.473 e. The Morgan fingerprint density at radius 3 is 2.11 bits per heavy atom. The Kier molecular flexibility index (Phi) is 7.64. The normalized spacial score (nSPS) is 24.2. The van der Waals surface area contributed by atoms with Crippen molar-refractivity contribution in [3.63, 3.8) is 0 Å². The van der Waals surface area contributed by atoms with Gasteiger partial charge in [0.15, 0.2) is 35.3 Å². The maximum absolute atomic E-state index is 14.2. The Labute approximate surface area is 172 Å². The summed E-state index contributed by atoms with van der Waals surface area (Å²) in [5.41, 5.74) is -1.05. The molecule has 0 bridgehead atoms. The van der Waals surface area contributed by atoms with Crippen LogP contribution in [0.5, 0.6) is 5.75 Å². The molecule has 154 valence electrons. The zero-order chi connectivity index (χ0) is 21.0. The fourth-order valence-electron chi connectivity index (χ4n) is 2.53. The van der Waals surface area contributed by atoms with Crippen LogP contribution in [0.2, 0.25) is 0 Å². The summed E-state index contributed by atoms with van der Waals surface area (Å²) in [7, 11) is 0. The van der Waals surface area contributed by atoms with E-state index in [-0.39, 0.29) is 10.2 Å². The molecule has 0 N–H and O–H groups in total. The second kappa shape index (κ2) is 9.55. The minimum Gasteiger partial charge on any atom is -0.473 e. The Balaban J connectivity index is 2.34. The van der Waals surface area contributed by atoms with Crippen LogP contribution in [0.1, 0.15) is 20.8 Å². The number of carbonyl (C=O) groups excluding carboxylic acids is 3. The first kappa shape index (κ1) is 22.4. The Morgan fingerprint density at radius 2 is 1.54 bits per heavy atom. The van der Waals surface area contributed by atoms with Gasteiger partial charge in [0.25, 0.3) is 0 Å². The monoisotopic (exact) mass is 482 g/mol. The summed E-state index contributed by atoms with van der Waals surface area (Å²) in [4.78, 5) is 34.4. The summed E-state index contributed by atoms with van der Waals surface area (Å²) in [6, 6.07) is 2.46. The van der Waals surface area contributed by atoms with Crippen molar-refractivity contribution < 1.29 is 42.1 Å². The Bertz CT molecular complexity index is 776. The summed E-state index contributed by atoms with van der Waals surface area (Å²) in [5, 5.41) is 0. The van der Waals surface area contributed by atoms with Gasteiger partial charge in [-0.15, -0.1) is 11.8 Å². The highest BCUT2D eigenvalue weighted by atomic mass is 79.9. The van der Waals surface area contributed by atoms with Gasteiger partial charge in [-0.1, -0.05) is 0 Å². The fraction of sp³-hybridized carbons (Fsp3) is 0.471. The molecule has 0 unspecified atom stereocenters. The second-order valence-corrected chi connectivity index (χ2v) is 7.77. The van der Waals surface area contributed by atoms with Crippen LogP contribution in [0.4, 0.5) is 8.78 Å². The van der Waals surface area contributed by atoms with Crippen molar-refractivity contribution in [1.82, 2.24) is 0 Å². The van der Waals surface area contributed by atoms with E-state index in [0.717, 1.165) is 25.6 Å². The van der Waals surface area contributed by atoms with E-state index in [2.05, 4.69) is 15.9 Å². The van der Waals surface area contributed by atoms with Crippen LogP contribution < -0.4 is 4.74 Å². The SMILES string of the molecule is CC(=O)O[C@@H]1[C@@H](OC(C)=O)[C@H](OC(C)=O)CS[C@H]1Oc1ccc(Br)c(F)c1F. The van der Waals surface area contributed by atoms with E-state index in [1.807, 2.05) is 0 Å². The molecule has 11 heteroatoms. The van der Waals surface area contributed by atoms with Gasteiger partial charge >= 0.3 is 17.9 Å².